The fourth-order valence-electron chi connectivity index (χ4n) is 3.66. The Morgan fingerprint density at radius 2 is 1.66 bits per heavy atom. The van der Waals surface area contributed by atoms with Crippen molar-refractivity contribution in [1.29, 1.82) is 0 Å². The first-order valence-corrected chi connectivity index (χ1v) is 12.2. The monoisotopic (exact) mass is 535 g/mol. The predicted octanol–water partition coefficient (Wildman–Crippen LogP) is 5.72. The van der Waals surface area contributed by atoms with E-state index in [1.165, 1.54) is 30.3 Å². The van der Waals surface area contributed by atoms with E-state index >= 15 is 0 Å². The summed E-state index contributed by atoms with van der Waals surface area (Å²) in [6, 6.07) is 17.0. The molecule has 0 N–H and O–H groups in total. The van der Waals surface area contributed by atoms with Crippen LogP contribution in [0, 0.1) is 20.2 Å². The van der Waals surface area contributed by atoms with Gasteiger partial charge in [-0.15, -0.1) is 0 Å². The topological polar surface area (TPSA) is 142 Å². The summed E-state index contributed by atoms with van der Waals surface area (Å²) in [6.07, 6.45) is 1.55. The summed E-state index contributed by atoms with van der Waals surface area (Å²) in [5, 5.41) is 21.6. The van der Waals surface area contributed by atoms with E-state index in [2.05, 4.69) is 0 Å². The van der Waals surface area contributed by atoms with E-state index < -0.39 is 21.0 Å². The summed E-state index contributed by atoms with van der Waals surface area (Å²) in [5.74, 6) is 0.309. The number of nitro groups is 2. The van der Waals surface area contributed by atoms with Gasteiger partial charge >= 0.3 is 0 Å². The van der Waals surface area contributed by atoms with Crippen molar-refractivity contribution in [3.63, 3.8) is 0 Å². The molecule has 4 rings (SSSR count). The first-order chi connectivity index (χ1) is 18.3. The molecule has 1 heterocycles. The van der Waals surface area contributed by atoms with Gasteiger partial charge in [0, 0.05) is 23.8 Å². The van der Waals surface area contributed by atoms with Crippen LogP contribution >= 0.6 is 11.8 Å². The SMILES string of the molecule is CCOc1cc(/C=C2\SC(=O)N(Cc3ccccc3[N+](=O)[O-])C2=O)ccc1OCc1ccc([N+](=O)[O-])cc1. The van der Waals surface area contributed by atoms with Crippen LogP contribution in [0.25, 0.3) is 6.08 Å². The first kappa shape index (κ1) is 26.4. The second kappa shape index (κ2) is 11.6. The lowest BCUT2D eigenvalue weighted by Crippen LogP contribution is -2.27. The molecule has 0 bridgehead atoms. The molecule has 0 radical (unpaired) electrons. The molecule has 1 saturated heterocycles. The minimum absolute atomic E-state index is 0.0143. The van der Waals surface area contributed by atoms with Gasteiger partial charge < -0.3 is 9.47 Å². The van der Waals surface area contributed by atoms with E-state index in [4.69, 9.17) is 9.47 Å². The average Bonchev–Trinajstić information content (AvgIpc) is 3.16. The van der Waals surface area contributed by atoms with E-state index in [-0.39, 0.29) is 35.0 Å². The largest absolute Gasteiger partial charge is 0.490 e. The number of nitrogens with zero attached hydrogens (tertiary/aromatic N) is 3. The maximum absolute atomic E-state index is 13.0. The lowest BCUT2D eigenvalue weighted by molar-refractivity contribution is -0.385. The molecule has 38 heavy (non-hydrogen) atoms. The molecule has 0 saturated carbocycles. The predicted molar refractivity (Wildman–Crippen MR) is 140 cm³/mol. The Hall–Kier alpha value is -4.71. The smallest absolute Gasteiger partial charge is 0.293 e. The van der Waals surface area contributed by atoms with Gasteiger partial charge in [-0.3, -0.25) is 34.7 Å². The molecule has 3 aromatic carbocycles. The Kier molecular flexibility index (Phi) is 8.02. The molecule has 0 aliphatic carbocycles. The van der Waals surface area contributed by atoms with Gasteiger partial charge in [0.05, 0.1) is 27.9 Å². The number of thioether (sulfide) groups is 1. The molecule has 0 spiro atoms. The zero-order chi connectivity index (χ0) is 27.2. The van der Waals surface area contributed by atoms with Crippen molar-refractivity contribution in [2.45, 2.75) is 20.1 Å². The number of carbonyl (C=O) groups excluding carboxylic acids is 2. The molecule has 1 aliphatic heterocycles. The molecule has 194 valence electrons. The van der Waals surface area contributed by atoms with Crippen LogP contribution < -0.4 is 9.47 Å². The Labute approximate surface area is 221 Å². The van der Waals surface area contributed by atoms with E-state index in [0.717, 1.165) is 22.2 Å². The van der Waals surface area contributed by atoms with Gasteiger partial charge in [0.25, 0.3) is 22.5 Å². The van der Waals surface area contributed by atoms with Crippen LogP contribution in [0.3, 0.4) is 0 Å². The second-order valence-electron chi connectivity index (χ2n) is 8.01. The molecular formula is C26H21N3O8S. The van der Waals surface area contributed by atoms with Crippen molar-refractivity contribution in [2.24, 2.45) is 0 Å². The number of carbonyl (C=O) groups is 2. The third kappa shape index (κ3) is 5.98. The van der Waals surface area contributed by atoms with Crippen molar-refractivity contribution >= 4 is 40.4 Å². The molecule has 2 amide bonds. The van der Waals surface area contributed by atoms with Crippen LogP contribution in [0.5, 0.6) is 11.5 Å². The van der Waals surface area contributed by atoms with Crippen LogP contribution in [-0.4, -0.2) is 32.5 Å². The number of nitro benzene ring substituents is 2. The summed E-state index contributed by atoms with van der Waals surface area (Å²) in [6.45, 7) is 2.10. The number of amides is 2. The third-order valence-electron chi connectivity index (χ3n) is 5.50. The van der Waals surface area contributed by atoms with E-state index in [1.807, 2.05) is 0 Å². The highest BCUT2D eigenvalue weighted by molar-refractivity contribution is 8.18. The van der Waals surface area contributed by atoms with Gasteiger partial charge in [0.1, 0.15) is 6.61 Å². The molecule has 1 aliphatic rings. The number of benzene rings is 3. The fraction of sp³-hybridized carbons (Fsp3) is 0.154. The Morgan fingerprint density at radius 3 is 2.34 bits per heavy atom. The molecule has 0 aromatic heterocycles. The zero-order valence-corrected chi connectivity index (χ0v) is 20.9. The molecule has 11 nitrogen and oxygen atoms in total. The van der Waals surface area contributed by atoms with Gasteiger partial charge in [0.15, 0.2) is 11.5 Å². The van der Waals surface area contributed by atoms with E-state index in [1.54, 1.807) is 49.4 Å². The lowest BCUT2D eigenvalue weighted by Gasteiger charge is -2.13. The van der Waals surface area contributed by atoms with Gasteiger partial charge in [-0.2, -0.15) is 0 Å². The molecule has 1 fully saturated rings. The number of imide groups is 1. The highest BCUT2D eigenvalue weighted by Gasteiger charge is 2.36. The van der Waals surface area contributed by atoms with Gasteiger partial charge in [0.2, 0.25) is 0 Å². The van der Waals surface area contributed by atoms with Crippen LogP contribution in [-0.2, 0) is 17.9 Å². The second-order valence-corrected chi connectivity index (χ2v) is 9.00. The van der Waals surface area contributed by atoms with Gasteiger partial charge in [-0.05, 0) is 60.2 Å². The minimum atomic E-state index is -0.551. The summed E-state index contributed by atoms with van der Waals surface area (Å²) in [5.41, 5.74) is 1.40. The molecular weight excluding hydrogens is 514 g/mol. The number of hydrogen-bond donors (Lipinski definition) is 0. The molecule has 0 atom stereocenters. The standard InChI is InChI=1S/C26H21N3O8S/c1-2-36-23-13-18(9-12-22(23)37-16-17-7-10-20(11-8-17)28(32)33)14-24-25(30)27(26(31)38-24)15-19-5-3-4-6-21(19)29(34)35/h3-14H,2,15-16H2,1H3/b24-14-. The van der Waals surface area contributed by atoms with E-state index in [0.29, 0.717) is 23.7 Å². The van der Waals surface area contributed by atoms with E-state index in [9.17, 15) is 29.8 Å². The molecule has 0 unspecified atom stereocenters. The minimum Gasteiger partial charge on any atom is -0.490 e. The average molecular weight is 536 g/mol. The third-order valence-corrected chi connectivity index (χ3v) is 6.40. The van der Waals surface area contributed by atoms with Crippen LogP contribution in [0.1, 0.15) is 23.6 Å². The quantitative estimate of drug-likeness (QED) is 0.181. The Bertz CT molecular complexity index is 1440. The number of non-ortho nitro benzene ring substituents is 1. The fourth-order valence-corrected chi connectivity index (χ4v) is 4.50. The summed E-state index contributed by atoms with van der Waals surface area (Å²) in [7, 11) is 0. The number of ether oxygens (including phenoxy) is 2. The normalized spacial score (nSPS) is 14.1. The first-order valence-electron chi connectivity index (χ1n) is 11.4. The van der Waals surface area contributed by atoms with Gasteiger partial charge in [-0.25, -0.2) is 0 Å². The highest BCUT2D eigenvalue weighted by atomic mass is 32.2. The maximum atomic E-state index is 13.0. The van der Waals surface area contributed by atoms with Crippen molar-refractivity contribution in [3.8, 4) is 11.5 Å². The molecule has 3 aromatic rings. The number of hydrogen-bond acceptors (Lipinski definition) is 9. The van der Waals surface area contributed by atoms with Crippen molar-refractivity contribution in [3.05, 3.63) is 109 Å². The summed E-state index contributed by atoms with van der Waals surface area (Å²) in [4.78, 5) is 47.8. The number of rotatable bonds is 10. The van der Waals surface area contributed by atoms with Crippen LogP contribution in [0.15, 0.2) is 71.6 Å². The number of para-hydroxylation sites is 1. The lowest BCUT2D eigenvalue weighted by atomic mass is 10.1. The van der Waals surface area contributed by atoms with Crippen molar-refractivity contribution in [1.82, 2.24) is 4.90 Å². The van der Waals surface area contributed by atoms with Crippen LogP contribution in [0.4, 0.5) is 16.2 Å². The zero-order valence-electron chi connectivity index (χ0n) is 20.1. The van der Waals surface area contributed by atoms with Gasteiger partial charge in [-0.1, -0.05) is 24.3 Å². The van der Waals surface area contributed by atoms with Crippen molar-refractivity contribution in [2.75, 3.05) is 6.61 Å². The highest BCUT2D eigenvalue weighted by Crippen LogP contribution is 2.36. The van der Waals surface area contributed by atoms with Crippen LogP contribution in [0.2, 0.25) is 0 Å². The maximum Gasteiger partial charge on any atom is 0.293 e. The Morgan fingerprint density at radius 1 is 0.921 bits per heavy atom. The Balaban J connectivity index is 1.50. The molecule has 12 heteroatoms. The summed E-state index contributed by atoms with van der Waals surface area (Å²) < 4.78 is 11.5. The summed E-state index contributed by atoms with van der Waals surface area (Å²) >= 11 is 0.753. The van der Waals surface area contributed by atoms with Crippen molar-refractivity contribution < 1.29 is 28.9 Å².